The number of benzene rings is 1. The van der Waals surface area contributed by atoms with Gasteiger partial charge in [-0.05, 0) is 61.0 Å². The van der Waals surface area contributed by atoms with Gasteiger partial charge >= 0.3 is 5.88 Å². The highest BCUT2D eigenvalue weighted by Crippen LogP contribution is 2.44. The summed E-state index contributed by atoms with van der Waals surface area (Å²) in [5.74, 6) is -0.915. The van der Waals surface area contributed by atoms with E-state index in [1.165, 1.54) is 30.0 Å². The first-order valence-corrected chi connectivity index (χ1v) is 8.44. The number of aliphatic imine (C=N–C) groups is 1. The van der Waals surface area contributed by atoms with Crippen LogP contribution in [0.15, 0.2) is 44.1 Å². The molecule has 0 atom stereocenters. The Morgan fingerprint density at radius 1 is 1.31 bits per heavy atom. The molecule has 1 aromatic carbocycles. The SMILES string of the molecule is Cc1cc2c(cc1C)N1C(=N)C(=Cc3ccc([N+](=O)[O-])o3)C(=O)N=C1S2. The van der Waals surface area contributed by atoms with Crippen molar-refractivity contribution in [3.63, 3.8) is 0 Å². The van der Waals surface area contributed by atoms with Crippen LogP contribution in [0.5, 0.6) is 0 Å². The molecule has 0 bridgehead atoms. The van der Waals surface area contributed by atoms with Gasteiger partial charge < -0.3 is 4.42 Å². The van der Waals surface area contributed by atoms with Crippen molar-refractivity contribution in [1.82, 2.24) is 0 Å². The Morgan fingerprint density at radius 2 is 2.04 bits per heavy atom. The maximum atomic E-state index is 12.4. The van der Waals surface area contributed by atoms with Gasteiger partial charge in [0.05, 0.1) is 17.3 Å². The average Bonchev–Trinajstić information content (AvgIpc) is 3.16. The summed E-state index contributed by atoms with van der Waals surface area (Å²) in [5.41, 5.74) is 3.01. The highest BCUT2D eigenvalue weighted by Gasteiger charge is 2.38. The summed E-state index contributed by atoms with van der Waals surface area (Å²) >= 11 is 1.34. The van der Waals surface area contributed by atoms with E-state index in [1.54, 1.807) is 4.90 Å². The number of carbonyl (C=O) groups is 1. The molecule has 2 aromatic rings. The number of rotatable bonds is 2. The molecule has 2 aliphatic heterocycles. The van der Waals surface area contributed by atoms with Gasteiger partial charge in [-0.2, -0.15) is 4.99 Å². The van der Waals surface area contributed by atoms with Crippen LogP contribution in [0, 0.1) is 29.4 Å². The normalized spacial score (nSPS) is 17.4. The lowest BCUT2D eigenvalue weighted by molar-refractivity contribution is -0.402. The molecule has 3 heterocycles. The van der Waals surface area contributed by atoms with Crippen molar-refractivity contribution in [2.45, 2.75) is 18.7 Å². The number of thioether (sulfide) groups is 1. The van der Waals surface area contributed by atoms with Crippen molar-refractivity contribution in [3.8, 4) is 0 Å². The number of nitrogens with one attached hydrogen (secondary N) is 1. The Bertz CT molecular complexity index is 1070. The predicted molar refractivity (Wildman–Crippen MR) is 97.8 cm³/mol. The smallest absolute Gasteiger partial charge is 0.401 e. The van der Waals surface area contributed by atoms with Crippen LogP contribution in [0.4, 0.5) is 11.6 Å². The number of amidine groups is 2. The fourth-order valence-electron chi connectivity index (χ4n) is 2.73. The van der Waals surface area contributed by atoms with Gasteiger partial charge in [0, 0.05) is 4.90 Å². The van der Waals surface area contributed by atoms with Crippen molar-refractivity contribution < 1.29 is 14.1 Å². The molecule has 1 aromatic heterocycles. The lowest BCUT2D eigenvalue weighted by Gasteiger charge is -2.24. The van der Waals surface area contributed by atoms with E-state index in [2.05, 4.69) is 4.99 Å². The van der Waals surface area contributed by atoms with Crippen LogP contribution in [-0.2, 0) is 4.79 Å². The molecule has 1 amide bonds. The lowest BCUT2D eigenvalue weighted by Crippen LogP contribution is -2.39. The van der Waals surface area contributed by atoms with Crippen molar-refractivity contribution in [2.24, 2.45) is 4.99 Å². The molecule has 0 saturated heterocycles. The molecule has 0 unspecified atom stereocenters. The Kier molecular flexibility index (Phi) is 3.55. The quantitative estimate of drug-likeness (QED) is 0.491. The molecule has 26 heavy (non-hydrogen) atoms. The third-order valence-corrected chi connectivity index (χ3v) is 5.20. The monoisotopic (exact) mass is 368 g/mol. The molecule has 0 spiro atoms. The zero-order valence-corrected chi connectivity index (χ0v) is 14.6. The number of nitro groups is 1. The van der Waals surface area contributed by atoms with Gasteiger partial charge in [0.1, 0.15) is 16.5 Å². The predicted octanol–water partition coefficient (Wildman–Crippen LogP) is 3.67. The van der Waals surface area contributed by atoms with E-state index in [0.29, 0.717) is 5.17 Å². The number of carbonyl (C=O) groups excluding carboxylic acids is 1. The number of aryl methyl sites for hydroxylation is 2. The van der Waals surface area contributed by atoms with Crippen LogP contribution in [0.2, 0.25) is 0 Å². The van der Waals surface area contributed by atoms with Gasteiger partial charge in [-0.3, -0.25) is 25.2 Å². The van der Waals surface area contributed by atoms with Crippen LogP contribution in [-0.4, -0.2) is 21.8 Å². The lowest BCUT2D eigenvalue weighted by atomic mass is 10.1. The fraction of sp³-hybridized carbons (Fsp3) is 0.118. The van der Waals surface area contributed by atoms with Gasteiger partial charge in [0.15, 0.2) is 5.17 Å². The summed E-state index contributed by atoms with van der Waals surface area (Å²) in [7, 11) is 0. The molecule has 0 radical (unpaired) electrons. The minimum Gasteiger partial charge on any atom is -0.401 e. The Labute approximate surface area is 151 Å². The van der Waals surface area contributed by atoms with Crippen molar-refractivity contribution in [1.29, 1.82) is 5.41 Å². The van der Waals surface area contributed by atoms with Crippen LogP contribution in [0.1, 0.15) is 16.9 Å². The van der Waals surface area contributed by atoms with Gasteiger partial charge in [0.25, 0.3) is 5.91 Å². The molecule has 2 aliphatic rings. The molecule has 0 saturated carbocycles. The zero-order valence-electron chi connectivity index (χ0n) is 13.8. The second kappa shape index (κ2) is 5.67. The molecular weight excluding hydrogens is 356 g/mol. The number of furan rings is 1. The van der Waals surface area contributed by atoms with Crippen molar-refractivity contribution >= 4 is 46.3 Å². The van der Waals surface area contributed by atoms with E-state index in [1.807, 2.05) is 26.0 Å². The van der Waals surface area contributed by atoms with Crippen LogP contribution >= 0.6 is 11.8 Å². The van der Waals surface area contributed by atoms with Crippen molar-refractivity contribution in [2.75, 3.05) is 4.90 Å². The molecule has 4 rings (SSSR count). The highest BCUT2D eigenvalue weighted by atomic mass is 32.2. The fourth-order valence-corrected chi connectivity index (χ4v) is 3.82. The van der Waals surface area contributed by atoms with Crippen LogP contribution < -0.4 is 4.90 Å². The van der Waals surface area contributed by atoms with E-state index < -0.39 is 16.7 Å². The zero-order chi connectivity index (χ0) is 18.6. The summed E-state index contributed by atoms with van der Waals surface area (Å²) in [6.07, 6.45) is 1.31. The summed E-state index contributed by atoms with van der Waals surface area (Å²) in [6.45, 7) is 3.98. The maximum absolute atomic E-state index is 12.4. The topological polar surface area (TPSA) is 113 Å². The van der Waals surface area contributed by atoms with E-state index in [9.17, 15) is 14.9 Å². The highest BCUT2D eigenvalue weighted by molar-refractivity contribution is 8.15. The van der Waals surface area contributed by atoms with Crippen molar-refractivity contribution in [3.05, 3.63) is 56.8 Å². The van der Waals surface area contributed by atoms with E-state index in [-0.39, 0.29) is 17.2 Å². The van der Waals surface area contributed by atoms with Gasteiger partial charge in [0.2, 0.25) is 0 Å². The number of anilines is 1. The first kappa shape index (κ1) is 16.3. The molecule has 8 nitrogen and oxygen atoms in total. The molecule has 0 aliphatic carbocycles. The minimum atomic E-state index is -0.662. The summed E-state index contributed by atoms with van der Waals surface area (Å²) in [6, 6.07) is 6.54. The maximum Gasteiger partial charge on any atom is 0.433 e. The first-order valence-electron chi connectivity index (χ1n) is 7.62. The summed E-state index contributed by atoms with van der Waals surface area (Å²) in [5, 5.41) is 19.6. The van der Waals surface area contributed by atoms with Gasteiger partial charge in [-0.25, -0.2) is 0 Å². The Morgan fingerprint density at radius 3 is 2.73 bits per heavy atom. The third kappa shape index (κ3) is 2.44. The number of hydrogen-bond donors (Lipinski definition) is 1. The standard InChI is InChI=1S/C17H12N4O4S/c1-8-5-12-13(6-9(8)2)26-17-19-16(22)11(15(18)20(12)17)7-10-3-4-14(25-10)21(23)24/h3-7,18H,1-2H3. The van der Waals surface area contributed by atoms with Crippen LogP contribution in [0.3, 0.4) is 0 Å². The number of amides is 1. The summed E-state index contributed by atoms with van der Waals surface area (Å²) in [4.78, 5) is 29.0. The molecule has 1 N–H and O–H groups in total. The van der Waals surface area contributed by atoms with Gasteiger partial charge in [-0.1, -0.05) is 0 Å². The van der Waals surface area contributed by atoms with Gasteiger partial charge in [-0.15, -0.1) is 0 Å². The van der Waals surface area contributed by atoms with E-state index >= 15 is 0 Å². The van der Waals surface area contributed by atoms with Crippen LogP contribution in [0.25, 0.3) is 6.08 Å². The largest absolute Gasteiger partial charge is 0.433 e. The third-order valence-electron chi connectivity index (χ3n) is 4.19. The average molecular weight is 368 g/mol. The number of fused-ring (bicyclic) bond motifs is 3. The van der Waals surface area contributed by atoms with E-state index in [0.717, 1.165) is 21.7 Å². The number of hydrogen-bond acceptors (Lipinski definition) is 6. The summed E-state index contributed by atoms with van der Waals surface area (Å²) < 4.78 is 5.06. The Balaban J connectivity index is 1.77. The van der Waals surface area contributed by atoms with E-state index in [4.69, 9.17) is 9.83 Å². The number of nitrogens with zero attached hydrogens (tertiary/aromatic N) is 3. The molecule has 0 fully saturated rings. The molecule has 130 valence electrons. The minimum absolute atomic E-state index is 0.0182. The Hall–Kier alpha value is -3.20. The second-order valence-electron chi connectivity index (χ2n) is 5.88. The molecule has 9 heteroatoms. The second-order valence-corrected chi connectivity index (χ2v) is 6.89. The molecular formula is C17H12N4O4S. The first-order chi connectivity index (χ1) is 12.3.